The van der Waals surface area contributed by atoms with Crippen LogP contribution in [0, 0.1) is 0 Å². The van der Waals surface area contributed by atoms with E-state index in [2.05, 4.69) is 13.8 Å². The van der Waals surface area contributed by atoms with Crippen LogP contribution in [-0.2, 0) is 4.74 Å². The molecule has 0 fully saturated rings. The summed E-state index contributed by atoms with van der Waals surface area (Å²) < 4.78 is 5.40. The Morgan fingerprint density at radius 1 is 1.45 bits per heavy atom. The lowest BCUT2D eigenvalue weighted by molar-refractivity contribution is 0.0659. The second-order valence-corrected chi connectivity index (χ2v) is 3.68. The highest BCUT2D eigenvalue weighted by atomic mass is 16.5. The highest BCUT2D eigenvalue weighted by Crippen LogP contribution is 2.10. The Balaban J connectivity index is 3.38. The first-order valence-corrected chi connectivity index (χ1v) is 4.38. The van der Waals surface area contributed by atoms with Gasteiger partial charge in [0.1, 0.15) is 0 Å². The van der Waals surface area contributed by atoms with Crippen LogP contribution in [-0.4, -0.2) is 18.2 Å². The van der Waals surface area contributed by atoms with Crippen molar-refractivity contribution in [2.45, 2.75) is 52.2 Å². The SMILES string of the molecule is CCC(C)(N)CCOC(C)C. The third kappa shape index (κ3) is 6.32. The molecule has 2 N–H and O–H groups in total. The van der Waals surface area contributed by atoms with Gasteiger partial charge in [-0.2, -0.15) is 0 Å². The maximum atomic E-state index is 5.92. The Labute approximate surface area is 70.1 Å². The Hall–Kier alpha value is -0.0800. The van der Waals surface area contributed by atoms with E-state index in [4.69, 9.17) is 10.5 Å². The molecule has 2 heteroatoms. The molecule has 0 aromatic heterocycles. The fourth-order valence-corrected chi connectivity index (χ4v) is 0.705. The highest BCUT2D eigenvalue weighted by Gasteiger charge is 2.14. The lowest BCUT2D eigenvalue weighted by Crippen LogP contribution is -2.36. The van der Waals surface area contributed by atoms with Gasteiger partial charge in [-0.05, 0) is 33.6 Å². The Morgan fingerprint density at radius 2 is 2.00 bits per heavy atom. The Bertz CT molecular complexity index is 99.7. The fraction of sp³-hybridized carbons (Fsp3) is 1.00. The number of ether oxygens (including phenoxy) is 1. The maximum absolute atomic E-state index is 5.92. The normalized spacial score (nSPS) is 16.9. The second kappa shape index (κ2) is 4.73. The van der Waals surface area contributed by atoms with Crippen molar-refractivity contribution < 1.29 is 4.74 Å². The van der Waals surface area contributed by atoms with E-state index in [1.165, 1.54) is 0 Å². The monoisotopic (exact) mass is 159 g/mol. The molecule has 0 aromatic rings. The van der Waals surface area contributed by atoms with E-state index >= 15 is 0 Å². The summed E-state index contributed by atoms with van der Waals surface area (Å²) in [5.41, 5.74) is 5.88. The summed E-state index contributed by atoms with van der Waals surface area (Å²) in [5.74, 6) is 0. The van der Waals surface area contributed by atoms with Crippen molar-refractivity contribution in [3.05, 3.63) is 0 Å². The zero-order valence-electron chi connectivity index (χ0n) is 8.18. The minimum absolute atomic E-state index is 0.0467. The number of nitrogens with two attached hydrogens (primary N) is 1. The van der Waals surface area contributed by atoms with Gasteiger partial charge < -0.3 is 10.5 Å². The molecule has 1 atom stereocenters. The van der Waals surface area contributed by atoms with Crippen molar-refractivity contribution in [1.82, 2.24) is 0 Å². The van der Waals surface area contributed by atoms with Crippen LogP contribution in [0.15, 0.2) is 0 Å². The summed E-state index contributed by atoms with van der Waals surface area (Å²) in [6, 6.07) is 0. The van der Waals surface area contributed by atoms with Gasteiger partial charge in [0.05, 0.1) is 6.10 Å². The Morgan fingerprint density at radius 3 is 2.36 bits per heavy atom. The van der Waals surface area contributed by atoms with Crippen LogP contribution in [0.4, 0.5) is 0 Å². The lowest BCUT2D eigenvalue weighted by Gasteiger charge is -2.22. The van der Waals surface area contributed by atoms with Crippen molar-refractivity contribution in [3.63, 3.8) is 0 Å². The molecule has 1 unspecified atom stereocenters. The van der Waals surface area contributed by atoms with E-state index in [9.17, 15) is 0 Å². The zero-order valence-corrected chi connectivity index (χ0v) is 8.18. The first-order chi connectivity index (χ1) is 4.98. The molecule has 0 saturated heterocycles. The molecule has 68 valence electrons. The number of hydrogen-bond acceptors (Lipinski definition) is 2. The van der Waals surface area contributed by atoms with Crippen LogP contribution in [0.3, 0.4) is 0 Å². The van der Waals surface area contributed by atoms with Crippen LogP contribution >= 0.6 is 0 Å². The predicted octanol–water partition coefficient (Wildman–Crippen LogP) is 1.93. The highest BCUT2D eigenvalue weighted by molar-refractivity contribution is 4.75. The van der Waals surface area contributed by atoms with Crippen molar-refractivity contribution in [1.29, 1.82) is 0 Å². The van der Waals surface area contributed by atoms with E-state index < -0.39 is 0 Å². The van der Waals surface area contributed by atoms with Crippen molar-refractivity contribution in [3.8, 4) is 0 Å². The minimum atomic E-state index is -0.0467. The first kappa shape index (κ1) is 10.9. The summed E-state index contributed by atoms with van der Waals surface area (Å²) in [7, 11) is 0. The van der Waals surface area contributed by atoms with E-state index in [1.807, 2.05) is 13.8 Å². The van der Waals surface area contributed by atoms with Gasteiger partial charge in [-0.25, -0.2) is 0 Å². The third-order valence-corrected chi connectivity index (χ3v) is 1.93. The lowest BCUT2D eigenvalue weighted by atomic mass is 9.97. The van der Waals surface area contributed by atoms with Gasteiger partial charge in [0.2, 0.25) is 0 Å². The maximum Gasteiger partial charge on any atom is 0.0518 e. The average molecular weight is 159 g/mol. The Kier molecular flexibility index (Phi) is 4.69. The molecule has 0 spiro atoms. The van der Waals surface area contributed by atoms with Gasteiger partial charge in [-0.3, -0.25) is 0 Å². The van der Waals surface area contributed by atoms with E-state index in [0.717, 1.165) is 19.4 Å². The van der Waals surface area contributed by atoms with Crippen molar-refractivity contribution >= 4 is 0 Å². The molecular weight excluding hydrogens is 138 g/mol. The molecular formula is C9H21NO. The molecule has 0 aliphatic rings. The van der Waals surface area contributed by atoms with Gasteiger partial charge in [-0.1, -0.05) is 6.92 Å². The third-order valence-electron chi connectivity index (χ3n) is 1.93. The molecule has 2 nitrogen and oxygen atoms in total. The summed E-state index contributed by atoms with van der Waals surface area (Å²) in [6.07, 6.45) is 2.28. The van der Waals surface area contributed by atoms with Crippen molar-refractivity contribution in [2.75, 3.05) is 6.61 Å². The van der Waals surface area contributed by atoms with Gasteiger partial charge >= 0.3 is 0 Å². The van der Waals surface area contributed by atoms with E-state index in [1.54, 1.807) is 0 Å². The molecule has 0 radical (unpaired) electrons. The molecule has 0 aromatic carbocycles. The molecule has 0 amide bonds. The van der Waals surface area contributed by atoms with Crippen molar-refractivity contribution in [2.24, 2.45) is 5.73 Å². The minimum Gasteiger partial charge on any atom is -0.379 e. The average Bonchev–Trinajstić information content (AvgIpc) is 1.87. The van der Waals surface area contributed by atoms with Crippen LogP contribution < -0.4 is 5.73 Å². The quantitative estimate of drug-likeness (QED) is 0.665. The van der Waals surface area contributed by atoms with Crippen LogP contribution in [0.1, 0.15) is 40.5 Å². The van der Waals surface area contributed by atoms with Gasteiger partial charge in [-0.15, -0.1) is 0 Å². The summed E-state index contributed by atoms with van der Waals surface area (Å²) in [4.78, 5) is 0. The zero-order chi connectivity index (χ0) is 8.91. The number of hydrogen-bond donors (Lipinski definition) is 1. The fourth-order valence-electron chi connectivity index (χ4n) is 0.705. The summed E-state index contributed by atoms with van der Waals surface area (Å²) >= 11 is 0. The molecule has 0 aliphatic heterocycles. The van der Waals surface area contributed by atoms with Crippen LogP contribution in [0.2, 0.25) is 0 Å². The topological polar surface area (TPSA) is 35.2 Å². The number of rotatable bonds is 5. The first-order valence-electron chi connectivity index (χ1n) is 4.38. The molecule has 0 bridgehead atoms. The summed E-state index contributed by atoms with van der Waals surface area (Å²) in [5, 5.41) is 0. The molecule has 0 rings (SSSR count). The van der Waals surface area contributed by atoms with E-state index in [-0.39, 0.29) is 5.54 Å². The standard InChI is InChI=1S/C9H21NO/c1-5-9(4,10)6-7-11-8(2)3/h8H,5-7,10H2,1-4H3. The molecule has 0 saturated carbocycles. The van der Waals surface area contributed by atoms with E-state index in [0.29, 0.717) is 6.10 Å². The van der Waals surface area contributed by atoms with Gasteiger partial charge in [0.15, 0.2) is 0 Å². The molecule has 0 aliphatic carbocycles. The van der Waals surface area contributed by atoms with Gasteiger partial charge in [0.25, 0.3) is 0 Å². The summed E-state index contributed by atoms with van der Waals surface area (Å²) in [6.45, 7) is 9.03. The smallest absolute Gasteiger partial charge is 0.0518 e. The molecule has 0 heterocycles. The van der Waals surface area contributed by atoms with Crippen LogP contribution in [0.5, 0.6) is 0 Å². The van der Waals surface area contributed by atoms with Crippen LogP contribution in [0.25, 0.3) is 0 Å². The molecule has 11 heavy (non-hydrogen) atoms. The second-order valence-electron chi connectivity index (χ2n) is 3.68. The predicted molar refractivity (Wildman–Crippen MR) is 48.6 cm³/mol. The largest absolute Gasteiger partial charge is 0.379 e. The van der Waals surface area contributed by atoms with Gasteiger partial charge in [0, 0.05) is 12.1 Å².